The van der Waals surface area contributed by atoms with Crippen LogP contribution in [0.4, 0.5) is 0 Å². The molecule has 5 heteroatoms. The van der Waals surface area contributed by atoms with Crippen LogP contribution >= 0.6 is 0 Å². The smallest absolute Gasteiger partial charge is 0.252 e. The Labute approximate surface area is 136 Å². The van der Waals surface area contributed by atoms with Crippen molar-refractivity contribution in [3.63, 3.8) is 0 Å². The maximum atomic E-state index is 12.5. The molecule has 0 aliphatic carbocycles. The van der Waals surface area contributed by atoms with Crippen LogP contribution in [0, 0.1) is 0 Å². The molecule has 0 fully saturated rings. The molecular weight excluding hydrogens is 294 g/mol. The molecule has 0 aliphatic rings. The van der Waals surface area contributed by atoms with Crippen LogP contribution < -0.4 is 19.5 Å². The van der Waals surface area contributed by atoms with E-state index in [2.05, 4.69) is 5.32 Å². The number of benzene rings is 2. The van der Waals surface area contributed by atoms with Crippen molar-refractivity contribution in [3.8, 4) is 17.2 Å². The van der Waals surface area contributed by atoms with Gasteiger partial charge in [0.25, 0.3) is 5.91 Å². The van der Waals surface area contributed by atoms with E-state index in [1.54, 1.807) is 39.5 Å². The summed E-state index contributed by atoms with van der Waals surface area (Å²) in [7, 11) is 4.71. The zero-order valence-electron chi connectivity index (χ0n) is 13.8. The summed E-state index contributed by atoms with van der Waals surface area (Å²) in [6.45, 7) is 1.91. The first-order valence-electron chi connectivity index (χ1n) is 7.26. The van der Waals surface area contributed by atoms with Gasteiger partial charge in [-0.25, -0.2) is 0 Å². The van der Waals surface area contributed by atoms with E-state index in [9.17, 15) is 4.79 Å². The Balaban J connectivity index is 2.21. The molecular formula is C18H21NO4. The minimum Gasteiger partial charge on any atom is -0.497 e. The fraction of sp³-hybridized carbons (Fsp3) is 0.278. The third-order valence-electron chi connectivity index (χ3n) is 3.57. The highest BCUT2D eigenvalue weighted by Gasteiger charge is 2.16. The Bertz CT molecular complexity index is 662. The number of hydrogen-bond donors (Lipinski definition) is 1. The van der Waals surface area contributed by atoms with E-state index in [4.69, 9.17) is 14.2 Å². The highest BCUT2D eigenvalue weighted by Crippen LogP contribution is 2.26. The van der Waals surface area contributed by atoms with Gasteiger partial charge < -0.3 is 19.5 Å². The number of carbonyl (C=O) groups is 1. The van der Waals surface area contributed by atoms with Crippen LogP contribution in [0.5, 0.6) is 17.2 Å². The number of hydrogen-bond acceptors (Lipinski definition) is 4. The van der Waals surface area contributed by atoms with Gasteiger partial charge in [-0.1, -0.05) is 18.2 Å². The Morgan fingerprint density at radius 2 is 1.57 bits per heavy atom. The van der Waals surface area contributed by atoms with E-state index < -0.39 is 0 Å². The molecule has 0 radical (unpaired) electrons. The number of nitrogens with one attached hydrogen (secondary N) is 1. The van der Waals surface area contributed by atoms with Crippen molar-refractivity contribution in [2.45, 2.75) is 13.0 Å². The maximum Gasteiger partial charge on any atom is 0.252 e. The van der Waals surface area contributed by atoms with Crippen LogP contribution in [0.1, 0.15) is 28.9 Å². The standard InChI is InChI=1S/C18H21NO4/c1-12(16-7-5-6-8-17(16)23-4)19-18(20)13-9-14(21-2)11-15(10-13)22-3/h5-12H,1-4H3,(H,19,20)/t12-/m1/s1. The Kier molecular flexibility index (Phi) is 5.46. The zero-order chi connectivity index (χ0) is 16.8. The molecule has 5 nitrogen and oxygen atoms in total. The van der Waals surface area contributed by atoms with Gasteiger partial charge >= 0.3 is 0 Å². The SMILES string of the molecule is COc1cc(OC)cc(C(=O)N[C@H](C)c2ccccc2OC)c1. The van der Waals surface area contributed by atoms with E-state index in [1.165, 1.54) is 0 Å². The predicted molar refractivity (Wildman–Crippen MR) is 88.4 cm³/mol. The Morgan fingerprint density at radius 3 is 2.13 bits per heavy atom. The molecule has 2 rings (SSSR count). The van der Waals surface area contributed by atoms with E-state index in [1.807, 2.05) is 31.2 Å². The molecule has 0 unspecified atom stereocenters. The summed E-state index contributed by atoms with van der Waals surface area (Å²) < 4.78 is 15.7. The molecule has 0 spiro atoms. The van der Waals surface area contributed by atoms with Gasteiger partial charge in [-0.15, -0.1) is 0 Å². The second-order valence-corrected chi connectivity index (χ2v) is 5.04. The van der Waals surface area contributed by atoms with Gasteiger partial charge in [-0.05, 0) is 25.1 Å². The predicted octanol–water partition coefficient (Wildman–Crippen LogP) is 3.20. The molecule has 2 aromatic carbocycles. The van der Waals surface area contributed by atoms with Gasteiger partial charge in [0.2, 0.25) is 0 Å². The minimum atomic E-state index is -0.208. The van der Waals surface area contributed by atoms with E-state index >= 15 is 0 Å². The highest BCUT2D eigenvalue weighted by molar-refractivity contribution is 5.95. The third kappa shape index (κ3) is 3.94. The molecule has 0 aromatic heterocycles. The molecule has 23 heavy (non-hydrogen) atoms. The van der Waals surface area contributed by atoms with Crippen molar-refractivity contribution in [2.75, 3.05) is 21.3 Å². The molecule has 1 amide bonds. The summed E-state index contributed by atoms with van der Waals surface area (Å²) in [4.78, 5) is 12.5. The van der Waals surface area contributed by atoms with E-state index in [0.717, 1.165) is 11.3 Å². The van der Waals surface area contributed by atoms with Gasteiger partial charge in [-0.2, -0.15) is 0 Å². The first kappa shape index (κ1) is 16.7. The quantitative estimate of drug-likeness (QED) is 0.889. The number of para-hydroxylation sites is 1. The van der Waals surface area contributed by atoms with Crippen molar-refractivity contribution in [1.29, 1.82) is 0 Å². The van der Waals surface area contributed by atoms with Gasteiger partial charge in [-0.3, -0.25) is 4.79 Å². The average Bonchev–Trinajstić information content (AvgIpc) is 2.60. The van der Waals surface area contributed by atoms with Gasteiger partial charge in [0.15, 0.2) is 0 Å². The summed E-state index contributed by atoms with van der Waals surface area (Å²) in [6, 6.07) is 12.5. The lowest BCUT2D eigenvalue weighted by atomic mass is 10.1. The second-order valence-electron chi connectivity index (χ2n) is 5.04. The molecule has 0 saturated heterocycles. The van der Waals surface area contributed by atoms with Crippen LogP contribution in [-0.2, 0) is 0 Å². The molecule has 0 heterocycles. The van der Waals surface area contributed by atoms with Gasteiger partial charge in [0.05, 0.1) is 27.4 Å². The van der Waals surface area contributed by atoms with Crippen molar-refractivity contribution in [1.82, 2.24) is 5.32 Å². The van der Waals surface area contributed by atoms with Crippen LogP contribution in [0.3, 0.4) is 0 Å². The summed E-state index contributed by atoms with van der Waals surface area (Å²) in [5.41, 5.74) is 1.39. The lowest BCUT2D eigenvalue weighted by Gasteiger charge is -2.17. The van der Waals surface area contributed by atoms with Crippen molar-refractivity contribution >= 4 is 5.91 Å². The second kappa shape index (κ2) is 7.54. The van der Waals surface area contributed by atoms with E-state index in [0.29, 0.717) is 17.1 Å². The van der Waals surface area contributed by atoms with Gasteiger partial charge in [0, 0.05) is 17.2 Å². The zero-order valence-corrected chi connectivity index (χ0v) is 13.8. The minimum absolute atomic E-state index is 0.198. The molecule has 122 valence electrons. The highest BCUT2D eigenvalue weighted by atomic mass is 16.5. The van der Waals surface area contributed by atoms with Crippen LogP contribution in [0.25, 0.3) is 0 Å². The van der Waals surface area contributed by atoms with Crippen LogP contribution in [0.15, 0.2) is 42.5 Å². The Morgan fingerprint density at radius 1 is 0.957 bits per heavy atom. The lowest BCUT2D eigenvalue weighted by molar-refractivity contribution is 0.0939. The van der Waals surface area contributed by atoms with Crippen LogP contribution in [0.2, 0.25) is 0 Å². The molecule has 0 aliphatic heterocycles. The maximum absolute atomic E-state index is 12.5. The normalized spacial score (nSPS) is 11.5. The third-order valence-corrected chi connectivity index (χ3v) is 3.57. The van der Waals surface area contributed by atoms with Gasteiger partial charge in [0.1, 0.15) is 17.2 Å². The fourth-order valence-corrected chi connectivity index (χ4v) is 2.32. The fourth-order valence-electron chi connectivity index (χ4n) is 2.32. The number of carbonyl (C=O) groups excluding carboxylic acids is 1. The first-order valence-corrected chi connectivity index (χ1v) is 7.26. The van der Waals surface area contributed by atoms with Crippen molar-refractivity contribution < 1.29 is 19.0 Å². The molecule has 2 aromatic rings. The summed E-state index contributed by atoms with van der Waals surface area (Å²) >= 11 is 0. The summed E-state index contributed by atoms with van der Waals surface area (Å²) in [5.74, 6) is 1.67. The number of ether oxygens (including phenoxy) is 3. The largest absolute Gasteiger partial charge is 0.497 e. The molecule has 0 bridgehead atoms. The Hall–Kier alpha value is -2.69. The number of methoxy groups -OCH3 is 3. The molecule has 1 atom stereocenters. The topological polar surface area (TPSA) is 56.8 Å². The number of rotatable bonds is 6. The summed E-state index contributed by atoms with van der Waals surface area (Å²) in [6.07, 6.45) is 0. The van der Waals surface area contributed by atoms with Crippen molar-refractivity contribution in [3.05, 3.63) is 53.6 Å². The monoisotopic (exact) mass is 315 g/mol. The van der Waals surface area contributed by atoms with Crippen molar-refractivity contribution in [2.24, 2.45) is 0 Å². The number of amides is 1. The van der Waals surface area contributed by atoms with Crippen LogP contribution in [-0.4, -0.2) is 27.2 Å². The molecule has 1 N–H and O–H groups in total. The van der Waals surface area contributed by atoms with E-state index in [-0.39, 0.29) is 11.9 Å². The average molecular weight is 315 g/mol. The molecule has 0 saturated carbocycles. The summed E-state index contributed by atoms with van der Waals surface area (Å²) in [5, 5.41) is 2.96. The lowest BCUT2D eigenvalue weighted by Crippen LogP contribution is -2.27. The first-order chi connectivity index (χ1) is 11.1.